The first-order chi connectivity index (χ1) is 13.8. The van der Waals surface area contributed by atoms with Crippen LogP contribution in [0.5, 0.6) is 0 Å². The highest BCUT2D eigenvalue weighted by molar-refractivity contribution is 9.10. The number of esters is 1. The van der Waals surface area contributed by atoms with Gasteiger partial charge in [0, 0.05) is 16.4 Å². The molecule has 1 aromatic carbocycles. The first kappa shape index (κ1) is 22.0. The van der Waals surface area contributed by atoms with Crippen LogP contribution in [0.4, 0.5) is 5.82 Å². The summed E-state index contributed by atoms with van der Waals surface area (Å²) >= 11 is 3.56. The number of hydrogen-bond acceptors (Lipinski definition) is 5. The number of hydrogen-bond donors (Lipinski definition) is 0. The van der Waals surface area contributed by atoms with Crippen molar-refractivity contribution in [1.82, 2.24) is 4.98 Å². The number of nitrogens with zero attached hydrogens (tertiary/aromatic N) is 2. The van der Waals surface area contributed by atoms with Crippen LogP contribution in [0.2, 0.25) is 0 Å². The van der Waals surface area contributed by atoms with Crippen molar-refractivity contribution in [2.24, 2.45) is 0 Å². The molecule has 2 heterocycles. The molecule has 0 saturated carbocycles. The van der Waals surface area contributed by atoms with Crippen LogP contribution in [0.15, 0.2) is 28.7 Å². The summed E-state index contributed by atoms with van der Waals surface area (Å²) in [5.41, 5.74) is 1.88. The van der Waals surface area contributed by atoms with Gasteiger partial charge in [-0.05, 0) is 63.8 Å². The third kappa shape index (κ3) is 5.92. The van der Waals surface area contributed by atoms with Gasteiger partial charge in [0.25, 0.3) is 0 Å². The quantitative estimate of drug-likeness (QED) is 0.413. The number of aromatic nitrogens is 1. The Morgan fingerprint density at radius 1 is 1.31 bits per heavy atom. The van der Waals surface area contributed by atoms with Crippen molar-refractivity contribution in [2.45, 2.75) is 65.0 Å². The van der Waals surface area contributed by atoms with Gasteiger partial charge >= 0.3 is 5.97 Å². The summed E-state index contributed by atoms with van der Waals surface area (Å²) in [6.45, 7) is 9.78. The predicted molar refractivity (Wildman–Crippen MR) is 120 cm³/mol. The van der Waals surface area contributed by atoms with Crippen molar-refractivity contribution in [3.63, 3.8) is 0 Å². The highest BCUT2D eigenvalue weighted by Gasteiger charge is 2.26. The maximum absolute atomic E-state index is 11.8. The maximum Gasteiger partial charge on any atom is 0.308 e. The summed E-state index contributed by atoms with van der Waals surface area (Å²) in [5, 5.41) is 1.21. The van der Waals surface area contributed by atoms with Gasteiger partial charge in [-0.1, -0.05) is 28.9 Å². The number of fused-ring (bicyclic) bond motifs is 1. The summed E-state index contributed by atoms with van der Waals surface area (Å²) in [6, 6.07) is 8.79. The van der Waals surface area contributed by atoms with Gasteiger partial charge in [0.2, 0.25) is 0 Å². The number of pyridine rings is 1. The van der Waals surface area contributed by atoms with Gasteiger partial charge in [0.15, 0.2) is 0 Å². The minimum atomic E-state index is -0.451. The van der Waals surface area contributed by atoms with E-state index in [-0.39, 0.29) is 18.4 Å². The molecule has 0 radical (unpaired) electrons. The fourth-order valence-corrected chi connectivity index (χ4v) is 4.12. The average molecular weight is 463 g/mol. The second-order valence-electron chi connectivity index (χ2n) is 8.56. The molecule has 0 bridgehead atoms. The molecule has 3 rings (SSSR count). The lowest BCUT2D eigenvalue weighted by Crippen LogP contribution is -2.34. The van der Waals surface area contributed by atoms with Crippen molar-refractivity contribution in [3.8, 4) is 0 Å². The lowest BCUT2D eigenvalue weighted by atomic mass is 10.1. The molecular formula is C23H31BrN2O3. The second kappa shape index (κ2) is 9.43. The molecule has 1 saturated heterocycles. The fraction of sp³-hybridized carbons (Fsp3) is 0.565. The van der Waals surface area contributed by atoms with Gasteiger partial charge in [0.05, 0.1) is 31.2 Å². The van der Waals surface area contributed by atoms with Crippen LogP contribution in [0, 0.1) is 0 Å². The molecule has 158 valence electrons. The zero-order chi connectivity index (χ0) is 21.0. The van der Waals surface area contributed by atoms with E-state index in [1.807, 2.05) is 20.8 Å². The first-order valence-electron chi connectivity index (χ1n) is 10.4. The predicted octanol–water partition coefficient (Wildman–Crippen LogP) is 5.28. The van der Waals surface area contributed by atoms with E-state index in [4.69, 9.17) is 14.5 Å². The molecule has 6 heteroatoms. The smallest absolute Gasteiger partial charge is 0.308 e. The van der Waals surface area contributed by atoms with Gasteiger partial charge in [-0.3, -0.25) is 4.79 Å². The van der Waals surface area contributed by atoms with Crippen LogP contribution in [-0.4, -0.2) is 42.4 Å². The second-order valence-corrected chi connectivity index (χ2v) is 9.47. The number of carbonyl (C=O) groups excluding carboxylic acids is 1. The van der Waals surface area contributed by atoms with Crippen molar-refractivity contribution in [2.75, 3.05) is 24.7 Å². The Morgan fingerprint density at radius 3 is 2.83 bits per heavy atom. The molecule has 1 aliphatic heterocycles. The minimum Gasteiger partial charge on any atom is -0.460 e. The summed E-state index contributed by atoms with van der Waals surface area (Å²) in [7, 11) is 0. The fourth-order valence-electron chi connectivity index (χ4n) is 3.78. The van der Waals surface area contributed by atoms with Crippen LogP contribution in [0.25, 0.3) is 10.9 Å². The number of benzene rings is 1. The van der Waals surface area contributed by atoms with E-state index in [1.54, 1.807) is 0 Å². The van der Waals surface area contributed by atoms with Crippen molar-refractivity contribution < 1.29 is 14.3 Å². The minimum absolute atomic E-state index is 0.213. The standard InChI is InChI=1S/C23H31BrN2O3/c1-5-16-13-21(25-20-14-17(24)8-9-19(16)20)26-11-6-7-18(26)15-28-12-10-22(27)29-23(2,3)4/h8-9,13-14,18H,5-7,10-12,15H2,1-4H3/t18-/m0/s1. The van der Waals surface area contributed by atoms with E-state index >= 15 is 0 Å². The van der Waals surface area contributed by atoms with E-state index < -0.39 is 5.60 Å². The van der Waals surface area contributed by atoms with Gasteiger partial charge in [-0.2, -0.15) is 0 Å². The van der Waals surface area contributed by atoms with Crippen LogP contribution >= 0.6 is 15.9 Å². The lowest BCUT2D eigenvalue weighted by molar-refractivity contribution is -0.156. The zero-order valence-electron chi connectivity index (χ0n) is 17.8. The molecule has 1 aliphatic rings. The number of aryl methyl sites for hydroxylation is 1. The Labute approximate surface area is 181 Å². The van der Waals surface area contributed by atoms with Crippen LogP contribution < -0.4 is 4.90 Å². The van der Waals surface area contributed by atoms with Crippen molar-refractivity contribution in [1.29, 1.82) is 0 Å². The topological polar surface area (TPSA) is 51.7 Å². The van der Waals surface area contributed by atoms with E-state index in [0.29, 0.717) is 13.2 Å². The Hall–Kier alpha value is -1.66. The summed E-state index contributed by atoms with van der Waals surface area (Å²) in [5.74, 6) is 0.806. The molecule has 1 aromatic heterocycles. The molecule has 0 N–H and O–H groups in total. The zero-order valence-corrected chi connectivity index (χ0v) is 19.4. The molecule has 2 aromatic rings. The third-order valence-electron chi connectivity index (χ3n) is 5.08. The number of ether oxygens (including phenoxy) is 2. The number of halogens is 1. The third-order valence-corrected chi connectivity index (χ3v) is 5.57. The molecule has 0 unspecified atom stereocenters. The SMILES string of the molecule is CCc1cc(N2CCC[C@H]2COCCC(=O)OC(C)(C)C)nc2cc(Br)ccc12. The van der Waals surface area contributed by atoms with Gasteiger partial charge in [-0.25, -0.2) is 4.98 Å². The van der Waals surface area contributed by atoms with E-state index in [2.05, 4.69) is 52.0 Å². The molecule has 0 spiro atoms. The Balaban J connectivity index is 1.64. The van der Waals surface area contributed by atoms with Crippen LogP contribution in [-0.2, 0) is 20.7 Å². The molecule has 5 nitrogen and oxygen atoms in total. The van der Waals surface area contributed by atoms with Gasteiger partial charge < -0.3 is 14.4 Å². The normalized spacial score (nSPS) is 17.1. The van der Waals surface area contributed by atoms with Crippen LogP contribution in [0.1, 0.15) is 52.5 Å². The number of carbonyl (C=O) groups is 1. The largest absolute Gasteiger partial charge is 0.460 e. The van der Waals surface area contributed by atoms with E-state index in [1.165, 1.54) is 10.9 Å². The lowest BCUT2D eigenvalue weighted by Gasteiger charge is -2.26. The van der Waals surface area contributed by atoms with E-state index in [9.17, 15) is 4.79 Å². The summed E-state index contributed by atoms with van der Waals surface area (Å²) < 4.78 is 12.2. The van der Waals surface area contributed by atoms with Crippen LogP contribution in [0.3, 0.4) is 0 Å². The van der Waals surface area contributed by atoms with Gasteiger partial charge in [-0.15, -0.1) is 0 Å². The summed E-state index contributed by atoms with van der Waals surface area (Å²) in [6.07, 6.45) is 3.45. The highest BCUT2D eigenvalue weighted by atomic mass is 79.9. The number of anilines is 1. The molecule has 0 amide bonds. The molecule has 29 heavy (non-hydrogen) atoms. The monoisotopic (exact) mass is 462 g/mol. The summed E-state index contributed by atoms with van der Waals surface area (Å²) in [4.78, 5) is 19.1. The van der Waals surface area contributed by atoms with Gasteiger partial charge in [0.1, 0.15) is 11.4 Å². The molecule has 1 atom stereocenters. The maximum atomic E-state index is 11.8. The average Bonchev–Trinajstić information content (AvgIpc) is 3.11. The van der Waals surface area contributed by atoms with Crippen molar-refractivity contribution >= 4 is 38.6 Å². The van der Waals surface area contributed by atoms with E-state index in [0.717, 1.165) is 41.6 Å². The Kier molecular flexibility index (Phi) is 7.17. The molecule has 0 aliphatic carbocycles. The Morgan fingerprint density at radius 2 is 2.10 bits per heavy atom. The first-order valence-corrected chi connectivity index (χ1v) is 11.2. The number of rotatable bonds is 7. The molecular weight excluding hydrogens is 432 g/mol. The molecule has 1 fully saturated rings. The highest BCUT2D eigenvalue weighted by Crippen LogP contribution is 2.30. The van der Waals surface area contributed by atoms with Crippen molar-refractivity contribution in [3.05, 3.63) is 34.3 Å². The Bertz CT molecular complexity index is 863.